The van der Waals surface area contributed by atoms with Crippen molar-refractivity contribution in [3.8, 4) is 0 Å². The lowest BCUT2D eigenvalue weighted by atomic mass is 9.77. The first-order valence-corrected chi connectivity index (χ1v) is 9.71. The summed E-state index contributed by atoms with van der Waals surface area (Å²) in [6.45, 7) is 12.9. The molecule has 4 fully saturated rings. The topological polar surface area (TPSA) is 9.72 Å². The van der Waals surface area contributed by atoms with Gasteiger partial charge in [-0.3, -0.25) is 4.90 Å². The fraction of sp³-hybridized carbons (Fsp3) is 1.00. The molecule has 1 aliphatic carbocycles. The highest BCUT2D eigenvalue weighted by molar-refractivity contribution is 5.00. The molecule has 3 heteroatoms. The number of likely N-dealkylation sites (tertiary alicyclic amines) is 3. The summed E-state index contributed by atoms with van der Waals surface area (Å²) >= 11 is 0. The molecule has 3 nitrogen and oxygen atoms in total. The summed E-state index contributed by atoms with van der Waals surface area (Å²) in [5.41, 5.74) is 0.680. The van der Waals surface area contributed by atoms with Gasteiger partial charge >= 0.3 is 0 Å². The van der Waals surface area contributed by atoms with E-state index < -0.39 is 0 Å². The van der Waals surface area contributed by atoms with Gasteiger partial charge in [-0.1, -0.05) is 0 Å². The van der Waals surface area contributed by atoms with E-state index in [1.165, 1.54) is 71.4 Å². The van der Waals surface area contributed by atoms with Crippen LogP contribution in [0.5, 0.6) is 0 Å². The van der Waals surface area contributed by atoms with Gasteiger partial charge in [-0.05, 0) is 89.9 Å². The van der Waals surface area contributed by atoms with Gasteiger partial charge in [0.25, 0.3) is 0 Å². The highest BCUT2D eigenvalue weighted by Crippen LogP contribution is 2.46. The van der Waals surface area contributed by atoms with Gasteiger partial charge in [-0.25, -0.2) is 0 Å². The number of piperidine rings is 1. The Kier molecular flexibility index (Phi) is 4.03. The van der Waals surface area contributed by atoms with Crippen molar-refractivity contribution in [3.05, 3.63) is 0 Å². The molecular weight excluding hydrogens is 270 g/mol. The predicted octanol–water partition coefficient (Wildman–Crippen LogP) is 2.52. The molecule has 0 aromatic heterocycles. The van der Waals surface area contributed by atoms with Crippen molar-refractivity contribution in [2.24, 2.45) is 17.3 Å². The van der Waals surface area contributed by atoms with E-state index in [4.69, 9.17) is 0 Å². The van der Waals surface area contributed by atoms with E-state index >= 15 is 0 Å². The molecule has 3 aliphatic heterocycles. The van der Waals surface area contributed by atoms with Crippen molar-refractivity contribution in [2.45, 2.75) is 58.0 Å². The minimum Gasteiger partial charge on any atom is -0.306 e. The minimum absolute atomic E-state index is 0.680. The zero-order chi connectivity index (χ0) is 15.3. The number of hydrogen-bond acceptors (Lipinski definition) is 3. The van der Waals surface area contributed by atoms with Crippen LogP contribution in [0.3, 0.4) is 0 Å². The average Bonchev–Trinajstić information content (AvgIpc) is 3.12. The maximum atomic E-state index is 2.91. The van der Waals surface area contributed by atoms with E-state index in [0.717, 1.165) is 23.9 Å². The Balaban J connectivity index is 1.32. The molecule has 2 unspecified atom stereocenters. The van der Waals surface area contributed by atoms with Gasteiger partial charge in [0.15, 0.2) is 0 Å². The third-order valence-corrected chi connectivity index (χ3v) is 7.48. The average molecular weight is 306 g/mol. The van der Waals surface area contributed by atoms with Crippen LogP contribution < -0.4 is 0 Å². The van der Waals surface area contributed by atoms with Gasteiger partial charge in [0.1, 0.15) is 0 Å². The van der Waals surface area contributed by atoms with Crippen LogP contribution in [0.4, 0.5) is 0 Å². The number of fused-ring (bicyclic) bond motifs is 1. The quantitative estimate of drug-likeness (QED) is 0.776. The molecule has 22 heavy (non-hydrogen) atoms. The van der Waals surface area contributed by atoms with E-state index in [2.05, 4.69) is 35.6 Å². The summed E-state index contributed by atoms with van der Waals surface area (Å²) in [7, 11) is 2.31. The molecule has 1 spiro atoms. The summed E-state index contributed by atoms with van der Waals surface area (Å²) < 4.78 is 0. The van der Waals surface area contributed by atoms with Gasteiger partial charge in [0, 0.05) is 31.7 Å². The third-order valence-electron chi connectivity index (χ3n) is 7.48. The maximum absolute atomic E-state index is 2.91. The first kappa shape index (κ1) is 15.4. The van der Waals surface area contributed by atoms with Gasteiger partial charge in [0.2, 0.25) is 0 Å². The Hall–Kier alpha value is -0.120. The Bertz CT molecular complexity index is 385. The zero-order valence-corrected chi connectivity index (χ0v) is 14.9. The second-order valence-corrected chi connectivity index (χ2v) is 9.22. The Labute approximate surface area is 137 Å². The van der Waals surface area contributed by atoms with Crippen LogP contribution in [0.1, 0.15) is 46.0 Å². The molecular formula is C19H35N3. The van der Waals surface area contributed by atoms with Crippen molar-refractivity contribution in [2.75, 3.05) is 46.3 Å². The summed E-state index contributed by atoms with van der Waals surface area (Å²) in [6, 6.07) is 1.66. The Morgan fingerprint density at radius 2 is 1.50 bits per heavy atom. The number of nitrogens with zero attached hydrogens (tertiary/aromatic N) is 3. The third kappa shape index (κ3) is 2.74. The molecule has 1 saturated carbocycles. The molecule has 4 aliphatic rings. The lowest BCUT2D eigenvalue weighted by Crippen LogP contribution is -2.45. The lowest BCUT2D eigenvalue weighted by Gasteiger charge is -2.41. The van der Waals surface area contributed by atoms with Crippen molar-refractivity contribution >= 4 is 0 Å². The van der Waals surface area contributed by atoms with Crippen molar-refractivity contribution in [1.82, 2.24) is 14.7 Å². The number of hydrogen-bond donors (Lipinski definition) is 0. The SMILES string of the molecule is CC(C)N1CCC2(CC1)CCN(C1CC3CN(C)CC3C1)C2. The van der Waals surface area contributed by atoms with E-state index in [9.17, 15) is 0 Å². The largest absolute Gasteiger partial charge is 0.306 e. The van der Waals surface area contributed by atoms with Crippen molar-refractivity contribution < 1.29 is 0 Å². The molecule has 126 valence electrons. The maximum Gasteiger partial charge on any atom is 0.0102 e. The first-order valence-electron chi connectivity index (χ1n) is 9.71. The van der Waals surface area contributed by atoms with E-state index in [1.807, 2.05) is 0 Å². The summed E-state index contributed by atoms with van der Waals surface area (Å²) in [5, 5.41) is 0. The smallest absolute Gasteiger partial charge is 0.0102 e. The number of rotatable bonds is 2. The van der Waals surface area contributed by atoms with Crippen LogP contribution in [0.15, 0.2) is 0 Å². The van der Waals surface area contributed by atoms with Crippen LogP contribution in [-0.4, -0.2) is 73.1 Å². The second kappa shape index (κ2) is 5.75. The fourth-order valence-electron chi connectivity index (χ4n) is 6.00. The highest BCUT2D eigenvalue weighted by atomic mass is 15.2. The summed E-state index contributed by atoms with van der Waals surface area (Å²) in [6.07, 6.45) is 7.35. The van der Waals surface area contributed by atoms with Crippen LogP contribution in [0.2, 0.25) is 0 Å². The molecule has 0 bridgehead atoms. The van der Waals surface area contributed by atoms with Crippen LogP contribution in [-0.2, 0) is 0 Å². The van der Waals surface area contributed by atoms with E-state index in [0.29, 0.717) is 5.41 Å². The zero-order valence-electron chi connectivity index (χ0n) is 14.9. The van der Waals surface area contributed by atoms with Crippen molar-refractivity contribution in [3.63, 3.8) is 0 Å². The molecule has 2 atom stereocenters. The van der Waals surface area contributed by atoms with Crippen LogP contribution in [0, 0.1) is 17.3 Å². The highest BCUT2D eigenvalue weighted by Gasteiger charge is 2.47. The summed E-state index contributed by atoms with van der Waals surface area (Å²) in [4.78, 5) is 8.14. The van der Waals surface area contributed by atoms with Gasteiger partial charge in [0.05, 0.1) is 0 Å². The normalized spacial score (nSPS) is 40.1. The van der Waals surface area contributed by atoms with Crippen LogP contribution >= 0.6 is 0 Å². The first-order chi connectivity index (χ1) is 10.5. The van der Waals surface area contributed by atoms with Gasteiger partial charge in [-0.2, -0.15) is 0 Å². The monoisotopic (exact) mass is 305 g/mol. The molecule has 0 amide bonds. The minimum atomic E-state index is 0.680. The lowest BCUT2D eigenvalue weighted by molar-refractivity contribution is 0.0812. The predicted molar refractivity (Wildman–Crippen MR) is 92.1 cm³/mol. The van der Waals surface area contributed by atoms with Crippen LogP contribution in [0.25, 0.3) is 0 Å². The molecule has 0 radical (unpaired) electrons. The fourth-order valence-corrected chi connectivity index (χ4v) is 6.00. The molecule has 4 rings (SSSR count). The van der Waals surface area contributed by atoms with E-state index in [1.54, 1.807) is 0 Å². The van der Waals surface area contributed by atoms with Gasteiger partial charge in [-0.15, -0.1) is 0 Å². The molecule has 3 saturated heterocycles. The summed E-state index contributed by atoms with van der Waals surface area (Å²) in [5.74, 6) is 2.02. The molecule has 0 aromatic carbocycles. The molecule has 0 aromatic rings. The Morgan fingerprint density at radius 1 is 0.909 bits per heavy atom. The second-order valence-electron chi connectivity index (χ2n) is 9.22. The molecule has 0 N–H and O–H groups in total. The van der Waals surface area contributed by atoms with Crippen molar-refractivity contribution in [1.29, 1.82) is 0 Å². The molecule has 3 heterocycles. The standard InChI is InChI=1S/C19H35N3/c1-15(2)21-7-4-19(5-8-21)6-9-22(14-19)18-10-16-12-20(3)13-17(16)11-18/h15-18H,4-14H2,1-3H3. The van der Waals surface area contributed by atoms with E-state index in [-0.39, 0.29) is 0 Å². The Morgan fingerprint density at radius 3 is 2.09 bits per heavy atom. The van der Waals surface area contributed by atoms with Gasteiger partial charge < -0.3 is 9.80 Å².